The van der Waals surface area contributed by atoms with Gasteiger partial charge in [0, 0.05) is 19.0 Å². The minimum atomic E-state index is -3.78. The number of sulfonamides is 1. The number of hydrogen-bond donors (Lipinski definition) is 1. The monoisotopic (exact) mass is 575 g/mol. The molecule has 0 spiro atoms. The zero-order valence-electron chi connectivity index (χ0n) is 24.3. The first-order valence-corrected chi connectivity index (χ1v) is 16.2. The van der Waals surface area contributed by atoms with E-state index in [1.165, 1.54) is 0 Å². The van der Waals surface area contributed by atoms with Crippen LogP contribution in [0.1, 0.15) is 54.4 Å². The quantitative estimate of drug-likeness (QED) is 0.342. The molecule has 1 aliphatic rings. The summed E-state index contributed by atoms with van der Waals surface area (Å²) >= 11 is 0. The van der Waals surface area contributed by atoms with Crippen LogP contribution >= 0.6 is 0 Å². The number of hydrogen-bond acceptors (Lipinski definition) is 4. The van der Waals surface area contributed by atoms with E-state index in [2.05, 4.69) is 5.32 Å². The lowest BCUT2D eigenvalue weighted by Gasteiger charge is -2.35. The Hall–Kier alpha value is -3.65. The molecule has 3 aromatic rings. The molecule has 3 aromatic carbocycles. The van der Waals surface area contributed by atoms with Crippen molar-refractivity contribution in [2.75, 3.05) is 17.1 Å². The van der Waals surface area contributed by atoms with E-state index in [0.29, 0.717) is 12.1 Å². The first-order chi connectivity index (χ1) is 19.6. The third kappa shape index (κ3) is 8.67. The SMILES string of the molecule is Cc1ccc(N(CC(=O)N(Cc2cccc(C)c2)[C@@H](Cc2ccccc2)C(=O)NC2CCCCC2)S(C)(=O)=O)cc1. The summed E-state index contributed by atoms with van der Waals surface area (Å²) in [5.74, 6) is -0.639. The summed E-state index contributed by atoms with van der Waals surface area (Å²) in [6.45, 7) is 3.68. The Morgan fingerprint density at radius 2 is 1.51 bits per heavy atom. The maximum atomic E-state index is 14.2. The lowest BCUT2D eigenvalue weighted by Crippen LogP contribution is -2.55. The molecule has 0 bridgehead atoms. The van der Waals surface area contributed by atoms with E-state index in [4.69, 9.17) is 0 Å². The smallest absolute Gasteiger partial charge is 0.244 e. The minimum absolute atomic E-state index is 0.0746. The summed E-state index contributed by atoms with van der Waals surface area (Å²) in [6.07, 6.45) is 6.57. The summed E-state index contributed by atoms with van der Waals surface area (Å²) in [6, 6.07) is 23.8. The molecule has 41 heavy (non-hydrogen) atoms. The fourth-order valence-corrected chi connectivity index (χ4v) is 6.28. The number of anilines is 1. The van der Waals surface area contributed by atoms with E-state index in [0.717, 1.165) is 64.9 Å². The summed E-state index contributed by atoms with van der Waals surface area (Å²) in [4.78, 5) is 29.7. The van der Waals surface area contributed by atoms with E-state index in [-0.39, 0.29) is 18.5 Å². The first-order valence-electron chi connectivity index (χ1n) is 14.3. The Morgan fingerprint density at radius 1 is 0.854 bits per heavy atom. The third-order valence-electron chi connectivity index (χ3n) is 7.66. The summed E-state index contributed by atoms with van der Waals surface area (Å²) < 4.78 is 26.9. The zero-order valence-corrected chi connectivity index (χ0v) is 25.1. The minimum Gasteiger partial charge on any atom is -0.352 e. The molecular weight excluding hydrogens is 534 g/mol. The number of nitrogens with zero attached hydrogens (tertiary/aromatic N) is 2. The average Bonchev–Trinajstić information content (AvgIpc) is 2.94. The Kier molecular flexibility index (Phi) is 10.2. The van der Waals surface area contributed by atoms with Gasteiger partial charge >= 0.3 is 0 Å². The van der Waals surface area contributed by atoms with Crippen LogP contribution in [0.2, 0.25) is 0 Å². The maximum absolute atomic E-state index is 14.2. The molecule has 4 rings (SSSR count). The van der Waals surface area contributed by atoms with Crippen LogP contribution in [0.3, 0.4) is 0 Å². The predicted octanol–water partition coefficient (Wildman–Crippen LogP) is 5.16. The van der Waals surface area contributed by atoms with Gasteiger partial charge in [0.2, 0.25) is 21.8 Å². The number of amides is 2. The van der Waals surface area contributed by atoms with Crippen LogP contribution in [0.5, 0.6) is 0 Å². The highest BCUT2D eigenvalue weighted by Crippen LogP contribution is 2.22. The average molecular weight is 576 g/mol. The molecule has 0 saturated heterocycles. The summed E-state index contributed by atoms with van der Waals surface area (Å²) in [5.41, 5.74) is 4.24. The Labute approximate surface area is 244 Å². The van der Waals surface area contributed by atoms with Crippen molar-refractivity contribution in [3.63, 3.8) is 0 Å². The molecule has 8 heteroatoms. The van der Waals surface area contributed by atoms with Gasteiger partial charge in [0.15, 0.2) is 0 Å². The van der Waals surface area contributed by atoms with Gasteiger partial charge in [-0.25, -0.2) is 8.42 Å². The van der Waals surface area contributed by atoms with Gasteiger partial charge in [-0.05, 0) is 49.9 Å². The van der Waals surface area contributed by atoms with E-state index >= 15 is 0 Å². The summed E-state index contributed by atoms with van der Waals surface area (Å²) in [7, 11) is -3.78. The number of carbonyl (C=O) groups excluding carboxylic acids is 2. The van der Waals surface area contributed by atoms with E-state index < -0.39 is 28.5 Å². The Bertz CT molecular complexity index is 1420. The molecule has 0 heterocycles. The van der Waals surface area contributed by atoms with Gasteiger partial charge < -0.3 is 10.2 Å². The molecule has 1 aliphatic carbocycles. The van der Waals surface area contributed by atoms with E-state index in [1.54, 1.807) is 17.0 Å². The van der Waals surface area contributed by atoms with Crippen molar-refractivity contribution in [2.45, 2.75) is 71.0 Å². The van der Waals surface area contributed by atoms with Crippen LogP contribution in [-0.4, -0.2) is 50.0 Å². The highest BCUT2D eigenvalue weighted by molar-refractivity contribution is 7.92. The van der Waals surface area contributed by atoms with Gasteiger partial charge in [0.25, 0.3) is 0 Å². The van der Waals surface area contributed by atoms with E-state index in [9.17, 15) is 18.0 Å². The van der Waals surface area contributed by atoms with Gasteiger partial charge in [0.05, 0.1) is 11.9 Å². The summed E-state index contributed by atoms with van der Waals surface area (Å²) in [5, 5.41) is 3.23. The fourth-order valence-electron chi connectivity index (χ4n) is 5.43. The van der Waals surface area contributed by atoms with Crippen LogP contribution in [0, 0.1) is 13.8 Å². The van der Waals surface area contributed by atoms with Crippen molar-refractivity contribution >= 4 is 27.5 Å². The molecule has 7 nitrogen and oxygen atoms in total. The second-order valence-corrected chi connectivity index (χ2v) is 13.1. The molecular formula is C33H41N3O4S. The molecule has 1 saturated carbocycles. The number of nitrogens with one attached hydrogen (secondary N) is 1. The second-order valence-electron chi connectivity index (χ2n) is 11.2. The van der Waals surface area contributed by atoms with Crippen LogP contribution in [0.25, 0.3) is 0 Å². The lowest BCUT2D eigenvalue weighted by atomic mass is 9.94. The van der Waals surface area contributed by atoms with Gasteiger partial charge in [-0.2, -0.15) is 0 Å². The van der Waals surface area contributed by atoms with Crippen molar-refractivity contribution in [3.05, 3.63) is 101 Å². The number of benzene rings is 3. The number of aryl methyl sites for hydroxylation is 2. The maximum Gasteiger partial charge on any atom is 0.244 e. The molecule has 0 aromatic heterocycles. The van der Waals surface area contributed by atoms with Crippen molar-refractivity contribution in [2.24, 2.45) is 0 Å². The Balaban J connectivity index is 1.71. The predicted molar refractivity (Wildman–Crippen MR) is 164 cm³/mol. The van der Waals surface area contributed by atoms with Crippen LogP contribution in [-0.2, 0) is 32.6 Å². The molecule has 1 N–H and O–H groups in total. The lowest BCUT2D eigenvalue weighted by molar-refractivity contribution is -0.140. The highest BCUT2D eigenvalue weighted by Gasteiger charge is 2.34. The fraction of sp³-hybridized carbons (Fsp3) is 0.394. The second kappa shape index (κ2) is 13.8. The third-order valence-corrected chi connectivity index (χ3v) is 8.80. The van der Waals surface area contributed by atoms with Gasteiger partial charge in [-0.1, -0.05) is 97.1 Å². The van der Waals surface area contributed by atoms with Gasteiger partial charge in [-0.3, -0.25) is 13.9 Å². The number of carbonyl (C=O) groups is 2. The molecule has 2 amide bonds. The van der Waals surface area contributed by atoms with Crippen LogP contribution in [0.15, 0.2) is 78.9 Å². The molecule has 1 fully saturated rings. The highest BCUT2D eigenvalue weighted by atomic mass is 32.2. The molecule has 0 unspecified atom stereocenters. The van der Waals surface area contributed by atoms with Crippen molar-refractivity contribution in [3.8, 4) is 0 Å². The Morgan fingerprint density at radius 3 is 2.15 bits per heavy atom. The zero-order chi connectivity index (χ0) is 29.4. The van der Waals surface area contributed by atoms with Gasteiger partial charge in [0.1, 0.15) is 12.6 Å². The van der Waals surface area contributed by atoms with Crippen molar-refractivity contribution < 1.29 is 18.0 Å². The normalized spacial score (nSPS) is 14.7. The van der Waals surface area contributed by atoms with Crippen molar-refractivity contribution in [1.29, 1.82) is 0 Å². The topological polar surface area (TPSA) is 86.8 Å². The van der Waals surface area contributed by atoms with Crippen LogP contribution in [0.4, 0.5) is 5.69 Å². The molecule has 0 radical (unpaired) electrons. The molecule has 0 aliphatic heterocycles. The number of rotatable bonds is 11. The van der Waals surface area contributed by atoms with Gasteiger partial charge in [-0.15, -0.1) is 0 Å². The molecule has 1 atom stereocenters. The molecule has 218 valence electrons. The largest absolute Gasteiger partial charge is 0.352 e. The van der Waals surface area contributed by atoms with E-state index in [1.807, 2.05) is 80.6 Å². The first kappa shape index (κ1) is 30.3. The van der Waals surface area contributed by atoms with Crippen molar-refractivity contribution in [1.82, 2.24) is 10.2 Å². The van der Waals surface area contributed by atoms with Crippen LogP contribution < -0.4 is 9.62 Å². The standard InChI is InChI=1S/C33H41N3O4S/c1-25-17-19-30(20-18-25)36(41(3,39)40)24-32(37)35(23-28-14-10-11-26(2)21-28)31(22-27-12-6-4-7-13-27)33(38)34-29-15-8-5-9-16-29/h4,6-7,10-14,17-21,29,31H,5,8-9,15-16,22-24H2,1-3H3,(H,34,38)/t31-/m0/s1.